The normalized spacial score (nSPS) is 13.3. The van der Waals surface area contributed by atoms with Crippen LogP contribution in [0.3, 0.4) is 0 Å². The molecule has 80 valence electrons. The van der Waals surface area contributed by atoms with Crippen molar-refractivity contribution in [2.45, 2.75) is 45.5 Å². The standard InChI is InChI=1S/C9H14F2N2O/c1-8(2,3)7-12-6(13-14-7)5-9(4,10)11/h5H2,1-4H3. The summed E-state index contributed by atoms with van der Waals surface area (Å²) in [5, 5.41) is 3.50. The molecule has 0 saturated heterocycles. The van der Waals surface area contributed by atoms with Crippen molar-refractivity contribution in [3.63, 3.8) is 0 Å². The molecule has 0 unspecified atom stereocenters. The van der Waals surface area contributed by atoms with Gasteiger partial charge >= 0.3 is 0 Å². The Kier molecular flexibility index (Phi) is 2.61. The fraction of sp³-hybridized carbons (Fsp3) is 0.778. The van der Waals surface area contributed by atoms with Crippen molar-refractivity contribution in [3.05, 3.63) is 11.7 Å². The minimum absolute atomic E-state index is 0.0578. The topological polar surface area (TPSA) is 38.9 Å². The lowest BCUT2D eigenvalue weighted by Crippen LogP contribution is -2.16. The lowest BCUT2D eigenvalue weighted by atomic mass is 9.97. The Morgan fingerprint density at radius 2 is 1.79 bits per heavy atom. The van der Waals surface area contributed by atoms with Crippen LogP contribution in [0.5, 0.6) is 0 Å². The number of aromatic nitrogens is 2. The van der Waals surface area contributed by atoms with Gasteiger partial charge < -0.3 is 4.52 Å². The molecule has 1 aromatic rings. The highest BCUT2D eigenvalue weighted by Crippen LogP contribution is 2.22. The summed E-state index contributed by atoms with van der Waals surface area (Å²) in [6.07, 6.45) is -0.480. The molecule has 0 aliphatic carbocycles. The molecule has 0 atom stereocenters. The number of rotatable bonds is 2. The minimum Gasteiger partial charge on any atom is -0.339 e. The van der Waals surface area contributed by atoms with Crippen LogP contribution in [-0.4, -0.2) is 16.1 Å². The molecule has 1 rings (SSSR count). The second-order valence-electron chi connectivity index (χ2n) is 4.51. The van der Waals surface area contributed by atoms with Crippen LogP contribution < -0.4 is 0 Å². The molecular weight excluding hydrogens is 190 g/mol. The second-order valence-corrected chi connectivity index (χ2v) is 4.51. The first-order chi connectivity index (χ1) is 6.18. The van der Waals surface area contributed by atoms with E-state index in [1.165, 1.54) is 0 Å². The molecule has 0 aliphatic heterocycles. The zero-order valence-electron chi connectivity index (χ0n) is 8.77. The van der Waals surface area contributed by atoms with Gasteiger partial charge in [-0.1, -0.05) is 25.9 Å². The summed E-state index contributed by atoms with van der Waals surface area (Å²) in [5.41, 5.74) is -0.297. The third kappa shape index (κ3) is 3.05. The van der Waals surface area contributed by atoms with E-state index in [2.05, 4.69) is 10.1 Å². The summed E-state index contributed by atoms with van der Waals surface area (Å²) in [6.45, 7) is 6.48. The van der Waals surface area contributed by atoms with Crippen LogP contribution in [0.15, 0.2) is 4.52 Å². The molecule has 5 heteroatoms. The van der Waals surface area contributed by atoms with Crippen LogP contribution in [0.4, 0.5) is 8.78 Å². The Hall–Kier alpha value is -1.00. The van der Waals surface area contributed by atoms with E-state index in [4.69, 9.17) is 4.52 Å². The molecule has 0 saturated carbocycles. The number of hydrogen-bond acceptors (Lipinski definition) is 3. The van der Waals surface area contributed by atoms with E-state index >= 15 is 0 Å². The Morgan fingerprint density at radius 1 is 1.21 bits per heavy atom. The molecule has 0 aliphatic rings. The van der Waals surface area contributed by atoms with Crippen LogP contribution >= 0.6 is 0 Å². The predicted octanol–water partition coefficient (Wildman–Crippen LogP) is 2.56. The van der Waals surface area contributed by atoms with Gasteiger partial charge in [0.15, 0.2) is 5.82 Å². The maximum absolute atomic E-state index is 12.6. The van der Waals surface area contributed by atoms with E-state index in [0.717, 1.165) is 6.92 Å². The van der Waals surface area contributed by atoms with Crippen molar-refractivity contribution >= 4 is 0 Å². The van der Waals surface area contributed by atoms with E-state index in [9.17, 15) is 8.78 Å². The van der Waals surface area contributed by atoms with Crippen molar-refractivity contribution in [1.82, 2.24) is 10.1 Å². The molecule has 0 fully saturated rings. The van der Waals surface area contributed by atoms with Gasteiger partial charge in [0.1, 0.15) is 0 Å². The molecule has 3 nitrogen and oxygen atoms in total. The molecule has 14 heavy (non-hydrogen) atoms. The number of alkyl halides is 2. The summed E-state index contributed by atoms with van der Waals surface area (Å²) in [5.74, 6) is -2.35. The smallest absolute Gasteiger partial charge is 0.252 e. The average Bonchev–Trinajstić information content (AvgIpc) is 2.29. The highest BCUT2D eigenvalue weighted by molar-refractivity contribution is 4.99. The van der Waals surface area contributed by atoms with E-state index in [0.29, 0.717) is 5.89 Å². The van der Waals surface area contributed by atoms with Gasteiger partial charge in [-0.15, -0.1) is 0 Å². The van der Waals surface area contributed by atoms with Gasteiger partial charge in [-0.25, -0.2) is 8.78 Å². The van der Waals surface area contributed by atoms with E-state index < -0.39 is 12.3 Å². The maximum Gasteiger partial charge on any atom is 0.252 e. The van der Waals surface area contributed by atoms with Crippen molar-refractivity contribution in [2.75, 3.05) is 0 Å². The highest BCUT2D eigenvalue weighted by atomic mass is 19.3. The van der Waals surface area contributed by atoms with Crippen molar-refractivity contribution in [2.24, 2.45) is 0 Å². The fourth-order valence-corrected chi connectivity index (χ4v) is 0.908. The molecule has 0 aromatic carbocycles. The van der Waals surface area contributed by atoms with Gasteiger partial charge in [0.25, 0.3) is 5.92 Å². The highest BCUT2D eigenvalue weighted by Gasteiger charge is 2.27. The monoisotopic (exact) mass is 204 g/mol. The van der Waals surface area contributed by atoms with Gasteiger partial charge in [-0.2, -0.15) is 4.98 Å². The van der Waals surface area contributed by atoms with Crippen LogP contribution in [0.2, 0.25) is 0 Å². The van der Waals surface area contributed by atoms with Gasteiger partial charge in [0.2, 0.25) is 5.89 Å². The zero-order valence-corrected chi connectivity index (χ0v) is 8.77. The molecule has 0 amide bonds. The molecule has 0 spiro atoms. The first kappa shape index (κ1) is 11.1. The summed E-state index contributed by atoms with van der Waals surface area (Å²) >= 11 is 0. The number of nitrogens with zero attached hydrogens (tertiary/aromatic N) is 2. The predicted molar refractivity (Wildman–Crippen MR) is 47.3 cm³/mol. The Labute approximate surface area is 81.5 Å². The van der Waals surface area contributed by atoms with Gasteiger partial charge in [0, 0.05) is 5.41 Å². The molecule has 0 bridgehead atoms. The van der Waals surface area contributed by atoms with Crippen LogP contribution in [0, 0.1) is 0 Å². The lowest BCUT2D eigenvalue weighted by Gasteiger charge is -2.10. The zero-order chi connectivity index (χ0) is 11.0. The van der Waals surface area contributed by atoms with Gasteiger partial charge in [0.05, 0.1) is 6.42 Å². The van der Waals surface area contributed by atoms with Crippen LogP contribution in [-0.2, 0) is 11.8 Å². The molecule has 1 aromatic heterocycles. The van der Waals surface area contributed by atoms with E-state index in [1.807, 2.05) is 20.8 Å². The molecule has 0 N–H and O–H groups in total. The Morgan fingerprint density at radius 3 is 2.14 bits per heavy atom. The van der Waals surface area contributed by atoms with E-state index in [-0.39, 0.29) is 11.2 Å². The Bertz CT molecular complexity index is 309. The van der Waals surface area contributed by atoms with Gasteiger partial charge in [-0.3, -0.25) is 0 Å². The van der Waals surface area contributed by atoms with Crippen molar-refractivity contribution in [3.8, 4) is 0 Å². The Balaban J connectivity index is 2.79. The SMILES string of the molecule is CC(F)(F)Cc1noc(C(C)(C)C)n1. The van der Waals surface area contributed by atoms with Crippen molar-refractivity contribution < 1.29 is 13.3 Å². The first-order valence-electron chi connectivity index (χ1n) is 4.39. The molecule has 0 radical (unpaired) electrons. The third-order valence-corrected chi connectivity index (χ3v) is 1.58. The average molecular weight is 204 g/mol. The summed E-state index contributed by atoms with van der Waals surface area (Å²) < 4.78 is 30.1. The first-order valence-corrected chi connectivity index (χ1v) is 4.39. The van der Waals surface area contributed by atoms with Crippen molar-refractivity contribution in [1.29, 1.82) is 0 Å². The van der Waals surface area contributed by atoms with E-state index in [1.54, 1.807) is 0 Å². The van der Waals surface area contributed by atoms with Crippen LogP contribution in [0.1, 0.15) is 39.4 Å². The fourth-order valence-electron chi connectivity index (χ4n) is 0.908. The maximum atomic E-state index is 12.6. The molecule has 1 heterocycles. The van der Waals surface area contributed by atoms with Gasteiger partial charge in [-0.05, 0) is 6.92 Å². The number of halogens is 2. The second kappa shape index (κ2) is 3.29. The largest absolute Gasteiger partial charge is 0.339 e. The summed E-state index contributed by atoms with van der Waals surface area (Å²) in [6, 6.07) is 0. The molecular formula is C9H14F2N2O. The lowest BCUT2D eigenvalue weighted by molar-refractivity contribution is 0.0200. The number of hydrogen-bond donors (Lipinski definition) is 0. The van der Waals surface area contributed by atoms with Crippen LogP contribution in [0.25, 0.3) is 0 Å². The summed E-state index contributed by atoms with van der Waals surface area (Å²) in [4.78, 5) is 3.91. The third-order valence-electron chi connectivity index (χ3n) is 1.58. The quantitative estimate of drug-likeness (QED) is 0.743. The minimum atomic E-state index is -2.79. The summed E-state index contributed by atoms with van der Waals surface area (Å²) in [7, 11) is 0.